The van der Waals surface area contributed by atoms with Gasteiger partial charge >= 0.3 is 0 Å². The molecule has 0 bridgehead atoms. The quantitative estimate of drug-likeness (QED) is 0.661. The minimum absolute atomic E-state index is 0.0736. The van der Waals surface area contributed by atoms with Gasteiger partial charge in [0.1, 0.15) is 11.6 Å². The molecule has 5 heteroatoms. The van der Waals surface area contributed by atoms with Gasteiger partial charge in [-0.1, -0.05) is 18.2 Å². The number of carbonyl (C=O) groups is 1. The predicted molar refractivity (Wildman–Crippen MR) is 112 cm³/mol. The zero-order valence-electron chi connectivity index (χ0n) is 17.1. The number of likely N-dealkylation sites (tertiary alicyclic amines) is 1. The van der Waals surface area contributed by atoms with Crippen LogP contribution in [-0.2, 0) is 0 Å². The van der Waals surface area contributed by atoms with Crippen molar-refractivity contribution in [2.45, 2.75) is 37.6 Å². The Hall–Kier alpha value is -2.27. The zero-order valence-corrected chi connectivity index (χ0v) is 17.1. The van der Waals surface area contributed by atoms with Crippen molar-refractivity contribution in [3.63, 3.8) is 0 Å². The average molecular weight is 411 g/mol. The maximum atomic E-state index is 13.7. The lowest BCUT2D eigenvalue weighted by Crippen LogP contribution is -2.39. The average Bonchev–Trinajstić information content (AvgIpc) is 3.66. The van der Waals surface area contributed by atoms with E-state index in [2.05, 4.69) is 4.90 Å². The minimum atomic E-state index is -0.378. The van der Waals surface area contributed by atoms with Crippen molar-refractivity contribution >= 4 is 5.91 Å². The third-order valence-corrected chi connectivity index (χ3v) is 6.78. The lowest BCUT2D eigenvalue weighted by Gasteiger charge is -2.29. The van der Waals surface area contributed by atoms with Crippen LogP contribution in [-0.4, -0.2) is 47.9 Å². The molecular weight excluding hydrogens is 382 g/mol. The van der Waals surface area contributed by atoms with Crippen molar-refractivity contribution in [2.75, 3.05) is 26.2 Å². The highest BCUT2D eigenvalue weighted by atomic mass is 19.1. The molecule has 2 aromatic carbocycles. The van der Waals surface area contributed by atoms with Gasteiger partial charge in [-0.2, -0.15) is 0 Å². The van der Waals surface area contributed by atoms with E-state index in [1.54, 1.807) is 12.1 Å². The molecule has 1 heterocycles. The second kappa shape index (κ2) is 8.10. The third kappa shape index (κ3) is 4.41. The molecule has 2 unspecified atom stereocenters. The lowest BCUT2D eigenvalue weighted by molar-refractivity contribution is 0.0710. The van der Waals surface area contributed by atoms with Crippen LogP contribution in [0, 0.1) is 23.5 Å². The summed E-state index contributed by atoms with van der Waals surface area (Å²) in [5, 5.41) is 0. The molecule has 1 saturated heterocycles. The van der Waals surface area contributed by atoms with Crippen LogP contribution in [0.3, 0.4) is 0 Å². The fourth-order valence-corrected chi connectivity index (χ4v) is 4.87. The van der Waals surface area contributed by atoms with E-state index < -0.39 is 0 Å². The maximum Gasteiger partial charge on any atom is 0.254 e. The largest absolute Gasteiger partial charge is 0.335 e. The van der Waals surface area contributed by atoms with Crippen molar-refractivity contribution in [1.82, 2.24) is 9.80 Å². The SMILES string of the molecule is O=C(c1cccc(F)c1)N(CC1CN(CC2CC2)CC1c1ccc(F)cc1)C1CC1. The molecule has 3 aliphatic rings. The summed E-state index contributed by atoms with van der Waals surface area (Å²) in [6.07, 6.45) is 4.66. The Morgan fingerprint density at radius 3 is 2.40 bits per heavy atom. The third-order valence-electron chi connectivity index (χ3n) is 6.78. The van der Waals surface area contributed by atoms with Crippen LogP contribution in [0.2, 0.25) is 0 Å². The molecule has 30 heavy (non-hydrogen) atoms. The first-order valence-corrected chi connectivity index (χ1v) is 11.1. The van der Waals surface area contributed by atoms with Gasteiger partial charge in [0.2, 0.25) is 0 Å². The Bertz CT molecular complexity index is 908. The molecule has 158 valence electrons. The van der Waals surface area contributed by atoms with E-state index in [-0.39, 0.29) is 29.5 Å². The van der Waals surface area contributed by atoms with E-state index in [0.717, 1.165) is 44.0 Å². The van der Waals surface area contributed by atoms with E-state index in [1.807, 2.05) is 17.0 Å². The summed E-state index contributed by atoms with van der Waals surface area (Å²) >= 11 is 0. The van der Waals surface area contributed by atoms with Crippen LogP contribution >= 0.6 is 0 Å². The Kier molecular flexibility index (Phi) is 5.32. The molecule has 2 saturated carbocycles. The van der Waals surface area contributed by atoms with Crippen LogP contribution in [0.4, 0.5) is 8.78 Å². The van der Waals surface area contributed by atoms with E-state index in [4.69, 9.17) is 0 Å². The predicted octanol–water partition coefficient (Wildman–Crippen LogP) is 4.70. The number of hydrogen-bond donors (Lipinski definition) is 0. The molecular formula is C25H28F2N2O. The molecule has 1 amide bonds. The van der Waals surface area contributed by atoms with E-state index in [0.29, 0.717) is 18.0 Å². The molecule has 0 radical (unpaired) electrons. The number of hydrogen-bond acceptors (Lipinski definition) is 2. The molecule has 0 aromatic heterocycles. The first-order valence-electron chi connectivity index (χ1n) is 11.1. The van der Waals surface area contributed by atoms with Gasteiger partial charge in [-0.15, -0.1) is 0 Å². The molecule has 2 aliphatic carbocycles. The summed E-state index contributed by atoms with van der Waals surface area (Å²) in [5.41, 5.74) is 1.57. The molecule has 3 nitrogen and oxygen atoms in total. The first kappa shape index (κ1) is 19.7. The fourth-order valence-electron chi connectivity index (χ4n) is 4.87. The van der Waals surface area contributed by atoms with Crippen LogP contribution in [0.1, 0.15) is 47.5 Å². The topological polar surface area (TPSA) is 23.6 Å². The van der Waals surface area contributed by atoms with Crippen molar-refractivity contribution in [2.24, 2.45) is 11.8 Å². The molecule has 0 N–H and O–H groups in total. The highest BCUT2D eigenvalue weighted by Crippen LogP contribution is 2.39. The minimum Gasteiger partial charge on any atom is -0.335 e. The summed E-state index contributed by atoms with van der Waals surface area (Å²) < 4.78 is 27.2. The molecule has 2 atom stereocenters. The summed E-state index contributed by atoms with van der Waals surface area (Å²) in [6, 6.07) is 13.1. The van der Waals surface area contributed by atoms with Gasteiger partial charge in [0.15, 0.2) is 0 Å². The molecule has 5 rings (SSSR count). The Labute approximate surface area is 176 Å². The Balaban J connectivity index is 1.37. The lowest BCUT2D eigenvalue weighted by atomic mass is 9.88. The van der Waals surface area contributed by atoms with Gasteiger partial charge in [-0.25, -0.2) is 8.78 Å². The van der Waals surface area contributed by atoms with Crippen LogP contribution in [0.15, 0.2) is 48.5 Å². The zero-order chi connectivity index (χ0) is 20.7. The number of nitrogens with zero attached hydrogens (tertiary/aromatic N) is 2. The maximum absolute atomic E-state index is 13.7. The van der Waals surface area contributed by atoms with Crippen LogP contribution in [0.5, 0.6) is 0 Å². The molecule has 0 spiro atoms. The Morgan fingerprint density at radius 2 is 1.73 bits per heavy atom. The first-order chi connectivity index (χ1) is 14.6. The van der Waals surface area contributed by atoms with E-state index in [1.165, 1.54) is 37.1 Å². The smallest absolute Gasteiger partial charge is 0.254 e. The van der Waals surface area contributed by atoms with Gasteiger partial charge in [0.05, 0.1) is 0 Å². The summed E-state index contributed by atoms with van der Waals surface area (Å²) in [4.78, 5) is 17.7. The van der Waals surface area contributed by atoms with Gasteiger partial charge in [0, 0.05) is 43.7 Å². The normalized spacial score (nSPS) is 24.2. The summed E-state index contributed by atoms with van der Waals surface area (Å²) in [6.45, 7) is 3.70. The van der Waals surface area contributed by atoms with Gasteiger partial charge in [-0.05, 0) is 73.4 Å². The van der Waals surface area contributed by atoms with E-state index >= 15 is 0 Å². The number of carbonyl (C=O) groups excluding carboxylic acids is 1. The molecule has 3 fully saturated rings. The van der Waals surface area contributed by atoms with Crippen LogP contribution in [0.25, 0.3) is 0 Å². The fraction of sp³-hybridized carbons (Fsp3) is 0.480. The molecule has 1 aliphatic heterocycles. The summed E-state index contributed by atoms with van der Waals surface area (Å²) in [5.74, 6) is 0.723. The highest BCUT2D eigenvalue weighted by Gasteiger charge is 2.41. The van der Waals surface area contributed by atoms with Gasteiger partial charge in [-0.3, -0.25) is 4.79 Å². The standard InChI is InChI=1S/C25H28F2N2O/c26-21-8-6-18(7-9-21)24-16-28(13-17-4-5-17)14-20(24)15-29(23-10-11-23)25(30)19-2-1-3-22(27)12-19/h1-3,6-9,12,17,20,23-24H,4-5,10-11,13-16H2. The van der Waals surface area contributed by atoms with Gasteiger partial charge < -0.3 is 9.80 Å². The van der Waals surface area contributed by atoms with Crippen molar-refractivity contribution in [3.05, 3.63) is 71.3 Å². The number of benzene rings is 2. The Morgan fingerprint density at radius 1 is 0.967 bits per heavy atom. The molecule has 2 aromatic rings. The summed E-state index contributed by atoms with van der Waals surface area (Å²) in [7, 11) is 0. The van der Waals surface area contributed by atoms with E-state index in [9.17, 15) is 13.6 Å². The number of halogens is 2. The monoisotopic (exact) mass is 410 g/mol. The highest BCUT2D eigenvalue weighted by molar-refractivity contribution is 5.94. The van der Waals surface area contributed by atoms with Crippen molar-refractivity contribution in [3.8, 4) is 0 Å². The second-order valence-electron chi connectivity index (χ2n) is 9.28. The van der Waals surface area contributed by atoms with Crippen molar-refractivity contribution < 1.29 is 13.6 Å². The van der Waals surface area contributed by atoms with Crippen molar-refractivity contribution in [1.29, 1.82) is 0 Å². The number of rotatable bonds is 7. The number of amides is 1. The van der Waals surface area contributed by atoms with Crippen LogP contribution < -0.4 is 0 Å². The second-order valence-corrected chi connectivity index (χ2v) is 9.28. The van der Waals surface area contributed by atoms with Gasteiger partial charge in [0.25, 0.3) is 5.91 Å².